The van der Waals surface area contributed by atoms with Crippen molar-refractivity contribution in [2.75, 3.05) is 36.4 Å². The molecule has 1 saturated heterocycles. The van der Waals surface area contributed by atoms with Crippen molar-refractivity contribution in [2.24, 2.45) is 0 Å². The first-order chi connectivity index (χ1) is 14.1. The largest absolute Gasteiger partial charge is 0.368 e. The van der Waals surface area contributed by atoms with Gasteiger partial charge in [0.1, 0.15) is 17.3 Å². The third-order valence-corrected chi connectivity index (χ3v) is 4.89. The Labute approximate surface area is 167 Å². The Balaban J connectivity index is 1.36. The molecule has 2 heterocycles. The minimum Gasteiger partial charge on any atom is -0.368 e. The van der Waals surface area contributed by atoms with Crippen molar-refractivity contribution in [3.63, 3.8) is 0 Å². The van der Waals surface area contributed by atoms with E-state index in [9.17, 15) is 13.6 Å². The highest BCUT2D eigenvalue weighted by molar-refractivity contribution is 5.92. The quantitative estimate of drug-likeness (QED) is 0.725. The second-order valence-electron chi connectivity index (χ2n) is 6.79. The van der Waals surface area contributed by atoms with Gasteiger partial charge in [-0.25, -0.2) is 13.8 Å². The normalized spacial score (nSPS) is 14.0. The number of anilines is 3. The molecule has 1 aromatic heterocycles. The van der Waals surface area contributed by atoms with Gasteiger partial charge in [0.2, 0.25) is 0 Å². The first-order valence-electron chi connectivity index (χ1n) is 9.37. The fourth-order valence-corrected chi connectivity index (χ4v) is 3.29. The van der Waals surface area contributed by atoms with Gasteiger partial charge in [-0.05, 0) is 48.5 Å². The summed E-state index contributed by atoms with van der Waals surface area (Å²) in [6.07, 6.45) is 1.52. The van der Waals surface area contributed by atoms with Crippen LogP contribution in [-0.2, 0) is 0 Å². The van der Waals surface area contributed by atoms with Crippen molar-refractivity contribution in [1.82, 2.24) is 9.88 Å². The van der Waals surface area contributed by atoms with E-state index in [4.69, 9.17) is 0 Å². The summed E-state index contributed by atoms with van der Waals surface area (Å²) in [4.78, 5) is 20.8. The number of carbonyl (C=O) groups is 1. The van der Waals surface area contributed by atoms with Crippen LogP contribution in [0.3, 0.4) is 0 Å². The minimum absolute atomic E-state index is 0.138. The standard InChI is InChI=1S/C22H20F2N4O/c23-16-5-8-18(9-6-16)27-11-13-28(14-12-27)22(29)21-10-7-17(15-25-21)26-20-4-2-1-3-19(20)24/h1-10,15,26H,11-14H2. The number of piperazine rings is 1. The Morgan fingerprint density at radius 2 is 1.62 bits per heavy atom. The SMILES string of the molecule is O=C(c1ccc(Nc2ccccc2F)cn1)N1CCN(c2ccc(F)cc2)CC1. The molecule has 0 saturated carbocycles. The average molecular weight is 394 g/mol. The number of benzene rings is 2. The molecular weight excluding hydrogens is 374 g/mol. The van der Waals surface area contributed by atoms with Gasteiger partial charge in [-0.1, -0.05) is 12.1 Å². The number of pyridine rings is 1. The smallest absolute Gasteiger partial charge is 0.272 e. The van der Waals surface area contributed by atoms with Crippen molar-refractivity contribution in [2.45, 2.75) is 0 Å². The van der Waals surface area contributed by atoms with E-state index in [2.05, 4.69) is 15.2 Å². The van der Waals surface area contributed by atoms with Gasteiger partial charge in [0.15, 0.2) is 0 Å². The minimum atomic E-state index is -0.355. The molecule has 1 fully saturated rings. The van der Waals surface area contributed by atoms with E-state index < -0.39 is 0 Å². The predicted molar refractivity (Wildman–Crippen MR) is 108 cm³/mol. The topological polar surface area (TPSA) is 48.5 Å². The highest BCUT2D eigenvalue weighted by Gasteiger charge is 2.23. The molecule has 0 unspecified atom stereocenters. The number of carbonyl (C=O) groups excluding carboxylic acids is 1. The number of hydrogen-bond donors (Lipinski definition) is 1. The first-order valence-corrected chi connectivity index (χ1v) is 9.37. The Morgan fingerprint density at radius 1 is 0.897 bits per heavy atom. The molecule has 5 nitrogen and oxygen atoms in total. The lowest BCUT2D eigenvalue weighted by atomic mass is 10.2. The molecule has 1 N–H and O–H groups in total. The lowest BCUT2D eigenvalue weighted by Gasteiger charge is -2.36. The molecule has 1 aliphatic heterocycles. The van der Waals surface area contributed by atoms with Gasteiger partial charge < -0.3 is 15.1 Å². The maximum atomic E-state index is 13.7. The third kappa shape index (κ3) is 4.34. The van der Waals surface area contributed by atoms with Gasteiger partial charge in [0, 0.05) is 31.9 Å². The summed E-state index contributed by atoms with van der Waals surface area (Å²) < 4.78 is 26.8. The van der Waals surface area contributed by atoms with Crippen molar-refractivity contribution in [3.8, 4) is 0 Å². The van der Waals surface area contributed by atoms with Gasteiger partial charge in [0.05, 0.1) is 17.6 Å². The molecule has 4 rings (SSSR count). The first kappa shape index (κ1) is 18.9. The molecule has 0 radical (unpaired) electrons. The van der Waals surface area contributed by atoms with Gasteiger partial charge in [-0.15, -0.1) is 0 Å². The Kier molecular flexibility index (Phi) is 5.37. The summed E-state index contributed by atoms with van der Waals surface area (Å²) in [6, 6.07) is 16.1. The lowest BCUT2D eigenvalue weighted by Crippen LogP contribution is -2.49. The number of nitrogens with one attached hydrogen (secondary N) is 1. The zero-order chi connectivity index (χ0) is 20.2. The number of rotatable bonds is 4. The average Bonchev–Trinajstić information content (AvgIpc) is 2.76. The van der Waals surface area contributed by atoms with Crippen LogP contribution in [0.5, 0.6) is 0 Å². The van der Waals surface area contributed by atoms with Crippen molar-refractivity contribution >= 4 is 23.0 Å². The van der Waals surface area contributed by atoms with E-state index >= 15 is 0 Å². The van der Waals surface area contributed by atoms with Crippen LogP contribution in [0.1, 0.15) is 10.5 Å². The summed E-state index contributed by atoms with van der Waals surface area (Å²) in [7, 11) is 0. The molecule has 148 valence electrons. The van der Waals surface area contributed by atoms with E-state index in [0.717, 1.165) is 5.69 Å². The number of halogens is 2. The molecule has 0 aliphatic carbocycles. The summed E-state index contributed by atoms with van der Waals surface area (Å²) in [5, 5.41) is 2.95. The van der Waals surface area contributed by atoms with Crippen LogP contribution in [0.15, 0.2) is 66.9 Å². The highest BCUT2D eigenvalue weighted by Crippen LogP contribution is 2.20. The van der Waals surface area contributed by atoms with E-state index in [1.807, 2.05) is 0 Å². The molecule has 3 aromatic rings. The van der Waals surface area contributed by atoms with Crippen LogP contribution >= 0.6 is 0 Å². The van der Waals surface area contributed by atoms with Crippen LogP contribution < -0.4 is 10.2 Å². The molecule has 7 heteroatoms. The van der Waals surface area contributed by atoms with Gasteiger partial charge in [-0.3, -0.25) is 4.79 Å². The van der Waals surface area contributed by atoms with E-state index in [-0.39, 0.29) is 17.5 Å². The Hall–Kier alpha value is -3.48. The zero-order valence-electron chi connectivity index (χ0n) is 15.7. The summed E-state index contributed by atoms with van der Waals surface area (Å²) >= 11 is 0. The molecule has 0 atom stereocenters. The summed E-state index contributed by atoms with van der Waals surface area (Å²) in [5.74, 6) is -0.755. The van der Waals surface area contributed by atoms with Crippen molar-refractivity contribution in [3.05, 3.63) is 84.2 Å². The van der Waals surface area contributed by atoms with Crippen LogP contribution in [0.25, 0.3) is 0 Å². The summed E-state index contributed by atoms with van der Waals surface area (Å²) in [6.45, 7) is 2.47. The van der Waals surface area contributed by atoms with Crippen molar-refractivity contribution < 1.29 is 13.6 Å². The number of nitrogens with zero attached hydrogens (tertiary/aromatic N) is 3. The van der Waals surface area contributed by atoms with E-state index in [0.29, 0.717) is 43.2 Å². The van der Waals surface area contributed by atoms with Crippen molar-refractivity contribution in [1.29, 1.82) is 0 Å². The van der Waals surface area contributed by atoms with Gasteiger partial charge in [0.25, 0.3) is 5.91 Å². The van der Waals surface area contributed by atoms with E-state index in [1.54, 1.807) is 47.4 Å². The maximum absolute atomic E-state index is 13.7. The van der Waals surface area contributed by atoms with Gasteiger partial charge in [-0.2, -0.15) is 0 Å². The number of para-hydroxylation sites is 1. The molecule has 1 aliphatic rings. The number of aromatic nitrogens is 1. The number of amides is 1. The van der Waals surface area contributed by atoms with Crippen LogP contribution in [0.4, 0.5) is 25.8 Å². The predicted octanol–water partition coefficient (Wildman–Crippen LogP) is 4.07. The fraction of sp³-hybridized carbons (Fsp3) is 0.182. The Bertz CT molecular complexity index is 984. The molecule has 0 bridgehead atoms. The molecule has 1 amide bonds. The summed E-state index contributed by atoms with van der Waals surface area (Å²) in [5.41, 5.74) is 2.25. The van der Waals surface area contributed by atoms with Crippen LogP contribution in [0.2, 0.25) is 0 Å². The fourth-order valence-electron chi connectivity index (χ4n) is 3.29. The molecule has 29 heavy (non-hydrogen) atoms. The zero-order valence-corrected chi connectivity index (χ0v) is 15.7. The molecular formula is C22H20F2N4O. The maximum Gasteiger partial charge on any atom is 0.272 e. The number of hydrogen-bond acceptors (Lipinski definition) is 4. The van der Waals surface area contributed by atoms with Crippen LogP contribution in [-0.4, -0.2) is 42.0 Å². The third-order valence-electron chi connectivity index (χ3n) is 4.89. The highest BCUT2D eigenvalue weighted by atomic mass is 19.1. The van der Waals surface area contributed by atoms with Gasteiger partial charge >= 0.3 is 0 Å². The Morgan fingerprint density at radius 3 is 2.28 bits per heavy atom. The second-order valence-corrected chi connectivity index (χ2v) is 6.79. The molecule has 0 spiro atoms. The monoisotopic (exact) mass is 394 g/mol. The van der Waals surface area contributed by atoms with Crippen LogP contribution in [0, 0.1) is 11.6 Å². The van der Waals surface area contributed by atoms with E-state index in [1.165, 1.54) is 24.4 Å². The molecule has 2 aromatic carbocycles. The second kappa shape index (κ2) is 8.26. The lowest BCUT2D eigenvalue weighted by molar-refractivity contribution is 0.0741.